The molecule has 0 aliphatic rings. The third-order valence-corrected chi connectivity index (χ3v) is 11.9. The first-order valence-electron chi connectivity index (χ1n) is 11.7. The fraction of sp³-hybridized carbons (Fsp3) is 0.727. The number of benzene rings is 1. The van der Waals surface area contributed by atoms with E-state index in [0.29, 0.717) is 0 Å². The lowest BCUT2D eigenvalue weighted by Crippen LogP contribution is -2.32. The second-order valence-electron chi connectivity index (χ2n) is 8.27. The number of unbranched alkanes of at least 4 members (excludes halogenated alkanes) is 10. The molecule has 0 aliphatic heterocycles. The lowest BCUT2D eigenvalue weighted by molar-refractivity contribution is 0.623. The van der Waals surface area contributed by atoms with Crippen molar-refractivity contribution in [2.24, 2.45) is 0 Å². The van der Waals surface area contributed by atoms with E-state index in [-0.39, 0.29) is 0 Å². The summed E-state index contributed by atoms with van der Waals surface area (Å²) >= 11 is 26.4. The fourth-order valence-electron chi connectivity index (χ4n) is 3.44. The molecule has 8 heteroatoms. The average molecular weight is 531 g/mol. The van der Waals surface area contributed by atoms with Crippen LogP contribution in [0.5, 0.6) is 0 Å². The Hall–Kier alpha value is 0.414. The van der Waals surface area contributed by atoms with Crippen molar-refractivity contribution in [3.05, 3.63) is 24.3 Å². The van der Waals surface area contributed by atoms with Crippen molar-refractivity contribution in [3.63, 3.8) is 0 Å². The largest absolute Gasteiger partial charge is 0.387 e. The van der Waals surface area contributed by atoms with Gasteiger partial charge in [0.05, 0.1) is 0 Å². The third kappa shape index (κ3) is 14.5. The number of hydrogen-bond donors (Lipinski definition) is 2. The minimum absolute atomic E-state index is 0.861. The minimum atomic E-state index is -2.48. The zero-order valence-electron chi connectivity index (χ0n) is 18.7. The monoisotopic (exact) mass is 528 g/mol. The SMILES string of the molecule is CCCCCCCC[Si](Cl)(Cl)Nc1ccc(N[Si](Cl)(Cl)CCCCCCCC)cc1. The molecule has 0 aliphatic carbocycles. The highest BCUT2D eigenvalue weighted by atomic mass is 35.7. The summed E-state index contributed by atoms with van der Waals surface area (Å²) in [5.74, 6) is 0. The Bertz CT molecular complexity index is 508. The van der Waals surface area contributed by atoms with Crippen LogP contribution in [0.3, 0.4) is 0 Å². The summed E-state index contributed by atoms with van der Waals surface area (Å²) in [6.45, 7) is -0.487. The Morgan fingerprint density at radius 3 is 1.17 bits per heavy atom. The summed E-state index contributed by atoms with van der Waals surface area (Å²) in [7, 11) is 0. The van der Waals surface area contributed by atoms with E-state index in [1.165, 1.54) is 64.2 Å². The maximum absolute atomic E-state index is 6.60. The first-order chi connectivity index (χ1) is 14.3. The van der Waals surface area contributed by atoms with Gasteiger partial charge in [-0.15, -0.1) is 44.3 Å². The highest BCUT2D eigenvalue weighted by Gasteiger charge is 2.29. The second kappa shape index (κ2) is 16.1. The van der Waals surface area contributed by atoms with Crippen molar-refractivity contribution in [1.82, 2.24) is 0 Å². The topological polar surface area (TPSA) is 24.1 Å². The van der Waals surface area contributed by atoms with Crippen molar-refractivity contribution in [3.8, 4) is 0 Å². The fourth-order valence-corrected chi connectivity index (χ4v) is 9.17. The van der Waals surface area contributed by atoms with Crippen LogP contribution in [0.2, 0.25) is 12.1 Å². The molecule has 0 atom stereocenters. The molecule has 2 N–H and O–H groups in total. The molecule has 0 amide bonds. The zero-order chi connectivity index (χ0) is 22.3. The molecule has 0 saturated carbocycles. The molecule has 0 saturated heterocycles. The third-order valence-electron chi connectivity index (χ3n) is 5.23. The maximum atomic E-state index is 6.60. The molecule has 0 aromatic heterocycles. The Morgan fingerprint density at radius 1 is 0.533 bits per heavy atom. The summed E-state index contributed by atoms with van der Waals surface area (Å²) < 4.78 is 0. The van der Waals surface area contributed by atoms with Gasteiger partial charge in [0.15, 0.2) is 0 Å². The minimum Gasteiger partial charge on any atom is -0.387 e. The van der Waals surface area contributed by atoms with Crippen molar-refractivity contribution >= 4 is 69.4 Å². The normalized spacial score (nSPS) is 12.2. The summed E-state index contributed by atoms with van der Waals surface area (Å²) in [6.07, 6.45) is 14.9. The van der Waals surface area contributed by atoms with Gasteiger partial charge in [-0.1, -0.05) is 90.9 Å². The molecule has 1 aromatic rings. The summed E-state index contributed by atoms with van der Waals surface area (Å²) in [6, 6.07) is 9.72. The highest BCUT2D eigenvalue weighted by molar-refractivity contribution is 7.47. The molecule has 0 spiro atoms. The number of nitrogens with one attached hydrogen (secondary N) is 2. The predicted molar refractivity (Wildman–Crippen MR) is 145 cm³/mol. The second-order valence-corrected chi connectivity index (χ2v) is 21.5. The van der Waals surface area contributed by atoms with Crippen molar-refractivity contribution in [2.75, 3.05) is 9.96 Å². The first kappa shape index (κ1) is 28.4. The van der Waals surface area contributed by atoms with Gasteiger partial charge in [-0.25, -0.2) is 0 Å². The summed E-state index contributed by atoms with van der Waals surface area (Å²) in [5, 5.41) is 0. The molecule has 0 heterocycles. The summed E-state index contributed by atoms with van der Waals surface area (Å²) in [5.41, 5.74) is 1.91. The van der Waals surface area contributed by atoms with E-state index < -0.39 is 13.7 Å². The van der Waals surface area contributed by atoms with Gasteiger partial charge in [0, 0.05) is 11.4 Å². The van der Waals surface area contributed by atoms with Gasteiger partial charge >= 0.3 is 13.7 Å². The molecule has 1 aromatic carbocycles. The molecule has 2 nitrogen and oxygen atoms in total. The van der Waals surface area contributed by atoms with Crippen molar-refractivity contribution in [1.29, 1.82) is 0 Å². The molecule has 0 bridgehead atoms. The van der Waals surface area contributed by atoms with Crippen LogP contribution >= 0.6 is 44.3 Å². The van der Waals surface area contributed by atoms with E-state index in [4.69, 9.17) is 44.3 Å². The van der Waals surface area contributed by atoms with Gasteiger partial charge in [0.2, 0.25) is 0 Å². The van der Waals surface area contributed by atoms with Crippen molar-refractivity contribution in [2.45, 2.75) is 103 Å². The number of rotatable bonds is 18. The Morgan fingerprint density at radius 2 is 0.833 bits per heavy atom. The van der Waals surface area contributed by atoms with Gasteiger partial charge < -0.3 is 9.96 Å². The summed E-state index contributed by atoms with van der Waals surface area (Å²) in [4.78, 5) is 6.71. The van der Waals surface area contributed by atoms with Crippen LogP contribution in [-0.4, -0.2) is 13.7 Å². The van der Waals surface area contributed by atoms with Crippen LogP contribution < -0.4 is 9.96 Å². The van der Waals surface area contributed by atoms with Crippen LogP contribution in [0.4, 0.5) is 11.4 Å². The highest BCUT2D eigenvalue weighted by Crippen LogP contribution is 2.29. The Labute approximate surface area is 205 Å². The lowest BCUT2D eigenvalue weighted by atomic mass is 10.1. The quantitative estimate of drug-likeness (QED) is 0.112. The van der Waals surface area contributed by atoms with Crippen LogP contribution in [0.25, 0.3) is 0 Å². The molecule has 0 radical (unpaired) electrons. The number of anilines is 2. The average Bonchev–Trinajstić information content (AvgIpc) is 2.68. The van der Waals surface area contributed by atoms with Gasteiger partial charge in [0.1, 0.15) is 0 Å². The van der Waals surface area contributed by atoms with Crippen molar-refractivity contribution < 1.29 is 0 Å². The molecule has 0 fully saturated rings. The van der Waals surface area contributed by atoms with Crippen LogP contribution in [-0.2, 0) is 0 Å². The first-order valence-corrected chi connectivity index (χ1v) is 20.2. The Kier molecular flexibility index (Phi) is 15.3. The van der Waals surface area contributed by atoms with Gasteiger partial charge in [0.25, 0.3) is 0 Å². The molecule has 174 valence electrons. The standard InChI is InChI=1S/C22H40Cl4N2Si2/c1-3-5-7-9-11-13-19-29(23,24)27-21-15-17-22(18-16-21)28-30(25,26)20-14-12-10-8-6-4-2/h15-18,27-28H,3-14,19-20H2,1-2H3. The van der Waals surface area contributed by atoms with Crippen LogP contribution in [0.15, 0.2) is 24.3 Å². The van der Waals surface area contributed by atoms with E-state index in [9.17, 15) is 0 Å². The zero-order valence-corrected chi connectivity index (χ0v) is 23.7. The smallest absolute Gasteiger partial charge is 0.350 e. The maximum Gasteiger partial charge on any atom is 0.350 e. The van der Waals surface area contributed by atoms with Crippen LogP contribution in [0.1, 0.15) is 90.9 Å². The molecular formula is C22H40Cl4N2Si2. The van der Waals surface area contributed by atoms with E-state index in [1.807, 2.05) is 24.3 Å². The van der Waals surface area contributed by atoms with Gasteiger partial charge in [-0.05, 0) is 36.4 Å². The van der Waals surface area contributed by atoms with E-state index in [2.05, 4.69) is 23.8 Å². The molecular weight excluding hydrogens is 490 g/mol. The van der Waals surface area contributed by atoms with Gasteiger partial charge in [-0.3, -0.25) is 0 Å². The van der Waals surface area contributed by atoms with Gasteiger partial charge in [-0.2, -0.15) is 0 Å². The molecule has 0 unspecified atom stereocenters. The van der Waals surface area contributed by atoms with E-state index >= 15 is 0 Å². The number of halogens is 4. The molecule has 30 heavy (non-hydrogen) atoms. The molecule has 1 rings (SSSR count). The van der Waals surface area contributed by atoms with E-state index in [1.54, 1.807) is 0 Å². The predicted octanol–water partition coefficient (Wildman–Crippen LogP) is 10.1. The van der Waals surface area contributed by atoms with Crippen LogP contribution in [0, 0.1) is 0 Å². The lowest BCUT2D eigenvalue weighted by Gasteiger charge is -2.22. The van der Waals surface area contributed by atoms with E-state index in [0.717, 1.165) is 36.3 Å². The number of hydrogen-bond acceptors (Lipinski definition) is 2. The Balaban J connectivity index is 2.35.